The fraction of sp³-hybridized carbons (Fsp3) is 0.688. The van der Waals surface area contributed by atoms with Crippen LogP contribution in [0.5, 0.6) is 0 Å². The van der Waals surface area contributed by atoms with Gasteiger partial charge >= 0.3 is 6.03 Å². The van der Waals surface area contributed by atoms with Gasteiger partial charge in [0.2, 0.25) is 0 Å². The summed E-state index contributed by atoms with van der Waals surface area (Å²) >= 11 is 0. The molecule has 0 spiro atoms. The fourth-order valence-corrected chi connectivity index (χ4v) is 2.93. The Bertz CT molecular complexity index is 476. The summed E-state index contributed by atoms with van der Waals surface area (Å²) in [5.41, 5.74) is 1.22. The van der Waals surface area contributed by atoms with Gasteiger partial charge in [-0.25, -0.2) is 4.79 Å². The maximum atomic E-state index is 11.9. The Hall–Kier alpha value is -1.49. The molecule has 1 saturated heterocycles. The number of hydrogen-bond acceptors (Lipinski definition) is 2. The molecule has 0 aliphatic carbocycles. The number of nitrogens with zero attached hydrogens (tertiary/aromatic N) is 1. The molecule has 1 aromatic heterocycles. The molecular weight excluding hydrogens is 266 g/mol. The second-order valence-corrected chi connectivity index (χ2v) is 6.95. The summed E-state index contributed by atoms with van der Waals surface area (Å²) in [4.78, 5) is 11.9. The summed E-state index contributed by atoms with van der Waals surface area (Å²) in [5, 5.41) is 5.85. The van der Waals surface area contributed by atoms with E-state index in [1.165, 1.54) is 0 Å². The predicted octanol–water partition coefficient (Wildman–Crippen LogP) is 2.28. The lowest BCUT2D eigenvalue weighted by atomic mass is 9.81. The number of aromatic nitrogens is 1. The molecule has 118 valence electrons. The highest BCUT2D eigenvalue weighted by Gasteiger charge is 2.37. The second-order valence-electron chi connectivity index (χ2n) is 6.95. The zero-order valence-electron chi connectivity index (χ0n) is 13.5. The third-order valence-electron chi connectivity index (χ3n) is 3.94. The van der Waals surface area contributed by atoms with Gasteiger partial charge in [-0.1, -0.05) is 20.8 Å². The Labute approximate surface area is 127 Å². The Balaban J connectivity index is 1.73. The molecule has 5 heteroatoms. The number of nitrogens with one attached hydrogen (secondary N) is 2. The predicted molar refractivity (Wildman–Crippen MR) is 83.0 cm³/mol. The van der Waals surface area contributed by atoms with Crippen LogP contribution in [0.15, 0.2) is 18.5 Å². The molecule has 2 atom stereocenters. The SMILES string of the molecule is Cn1ccc(CNC(=O)NC[C@H]2CCO[C@@H]2C(C)(C)C)c1. The molecule has 2 N–H and O–H groups in total. The Morgan fingerprint density at radius 1 is 1.43 bits per heavy atom. The molecule has 21 heavy (non-hydrogen) atoms. The van der Waals surface area contributed by atoms with Crippen molar-refractivity contribution in [2.24, 2.45) is 18.4 Å². The molecule has 1 aromatic rings. The number of amides is 2. The topological polar surface area (TPSA) is 55.3 Å². The van der Waals surface area contributed by atoms with Gasteiger partial charge in [0.15, 0.2) is 0 Å². The first-order chi connectivity index (χ1) is 9.86. The standard InChI is InChI=1S/C16H27N3O2/c1-16(2,3)14-13(6-8-21-14)10-18-15(20)17-9-12-5-7-19(4)11-12/h5,7,11,13-14H,6,8-10H2,1-4H3,(H2,17,18,20)/t13-,14+/m1/s1. The van der Waals surface area contributed by atoms with Gasteiger partial charge in [0.25, 0.3) is 0 Å². The first-order valence-corrected chi connectivity index (χ1v) is 7.60. The van der Waals surface area contributed by atoms with E-state index in [-0.39, 0.29) is 17.6 Å². The van der Waals surface area contributed by atoms with Crippen molar-refractivity contribution in [2.45, 2.75) is 39.8 Å². The molecule has 0 aromatic carbocycles. The minimum atomic E-state index is -0.113. The maximum absolute atomic E-state index is 11.9. The Kier molecular flexibility index (Phi) is 4.93. The third-order valence-corrected chi connectivity index (χ3v) is 3.94. The van der Waals surface area contributed by atoms with Gasteiger partial charge in [-0.2, -0.15) is 0 Å². The van der Waals surface area contributed by atoms with Crippen molar-refractivity contribution in [1.82, 2.24) is 15.2 Å². The third kappa shape index (κ3) is 4.49. The van der Waals surface area contributed by atoms with Crippen LogP contribution in [0.3, 0.4) is 0 Å². The summed E-state index contributed by atoms with van der Waals surface area (Å²) in [6.45, 7) is 8.57. The van der Waals surface area contributed by atoms with Gasteiger partial charge in [-0.05, 0) is 23.5 Å². The monoisotopic (exact) mass is 293 g/mol. The minimum absolute atomic E-state index is 0.113. The summed E-state index contributed by atoms with van der Waals surface area (Å²) in [7, 11) is 1.97. The molecular formula is C16H27N3O2. The summed E-state index contributed by atoms with van der Waals surface area (Å²) < 4.78 is 7.79. The van der Waals surface area contributed by atoms with Crippen molar-refractivity contribution in [3.8, 4) is 0 Å². The van der Waals surface area contributed by atoms with Gasteiger partial charge < -0.3 is 19.9 Å². The highest BCUT2D eigenvalue weighted by atomic mass is 16.5. The van der Waals surface area contributed by atoms with Gasteiger partial charge in [-0.3, -0.25) is 0 Å². The van der Waals surface area contributed by atoms with Gasteiger partial charge in [-0.15, -0.1) is 0 Å². The lowest BCUT2D eigenvalue weighted by molar-refractivity contribution is 0.00775. The van der Waals surface area contributed by atoms with Crippen LogP contribution in [0.4, 0.5) is 4.79 Å². The van der Waals surface area contributed by atoms with E-state index < -0.39 is 0 Å². The highest BCUT2D eigenvalue weighted by Crippen LogP contribution is 2.34. The van der Waals surface area contributed by atoms with E-state index in [0.29, 0.717) is 19.0 Å². The van der Waals surface area contributed by atoms with Gasteiger partial charge in [0, 0.05) is 45.1 Å². The van der Waals surface area contributed by atoms with Crippen LogP contribution in [0, 0.1) is 11.3 Å². The van der Waals surface area contributed by atoms with E-state index in [1.807, 2.05) is 30.1 Å². The zero-order chi connectivity index (χ0) is 15.5. The largest absolute Gasteiger partial charge is 0.377 e. The van der Waals surface area contributed by atoms with E-state index >= 15 is 0 Å². The average Bonchev–Trinajstić information content (AvgIpc) is 3.01. The van der Waals surface area contributed by atoms with Crippen molar-refractivity contribution < 1.29 is 9.53 Å². The number of rotatable bonds is 4. The normalized spacial score (nSPS) is 22.3. The molecule has 0 bridgehead atoms. The van der Waals surface area contributed by atoms with Crippen LogP contribution >= 0.6 is 0 Å². The second kappa shape index (κ2) is 6.52. The number of carbonyl (C=O) groups excluding carboxylic acids is 1. The van der Waals surface area contributed by atoms with Crippen molar-refractivity contribution in [3.63, 3.8) is 0 Å². The van der Waals surface area contributed by atoms with Crippen LogP contribution in [-0.4, -0.2) is 29.9 Å². The molecule has 5 nitrogen and oxygen atoms in total. The van der Waals surface area contributed by atoms with Gasteiger partial charge in [0.05, 0.1) is 6.10 Å². The van der Waals surface area contributed by atoms with Crippen molar-refractivity contribution in [1.29, 1.82) is 0 Å². The molecule has 0 radical (unpaired) electrons. The van der Waals surface area contributed by atoms with Crippen LogP contribution in [0.1, 0.15) is 32.8 Å². The Morgan fingerprint density at radius 2 is 2.19 bits per heavy atom. The van der Waals surface area contributed by atoms with Crippen molar-refractivity contribution in [3.05, 3.63) is 24.0 Å². The minimum Gasteiger partial charge on any atom is -0.377 e. The van der Waals surface area contributed by atoms with E-state index in [9.17, 15) is 4.79 Å². The van der Waals surface area contributed by atoms with E-state index in [4.69, 9.17) is 4.74 Å². The van der Waals surface area contributed by atoms with Crippen LogP contribution in [0.2, 0.25) is 0 Å². The number of ether oxygens (including phenoxy) is 1. The van der Waals surface area contributed by atoms with Crippen LogP contribution in [-0.2, 0) is 18.3 Å². The van der Waals surface area contributed by atoms with E-state index in [2.05, 4.69) is 31.4 Å². The molecule has 2 rings (SSSR count). The van der Waals surface area contributed by atoms with Crippen molar-refractivity contribution in [2.75, 3.05) is 13.2 Å². The zero-order valence-corrected chi connectivity index (χ0v) is 13.5. The quantitative estimate of drug-likeness (QED) is 0.895. The number of aryl methyl sites for hydroxylation is 1. The summed E-state index contributed by atoms with van der Waals surface area (Å²) in [5.74, 6) is 0.396. The lowest BCUT2D eigenvalue weighted by Gasteiger charge is -2.31. The number of hydrogen-bond donors (Lipinski definition) is 2. The molecule has 1 aliphatic rings. The molecule has 1 aliphatic heterocycles. The van der Waals surface area contributed by atoms with Crippen LogP contribution < -0.4 is 10.6 Å². The number of carbonyl (C=O) groups is 1. The molecule has 0 unspecified atom stereocenters. The molecule has 2 heterocycles. The summed E-state index contributed by atoms with van der Waals surface area (Å²) in [6.07, 6.45) is 5.20. The smallest absolute Gasteiger partial charge is 0.315 e. The summed E-state index contributed by atoms with van der Waals surface area (Å²) in [6, 6.07) is 1.89. The number of urea groups is 1. The van der Waals surface area contributed by atoms with E-state index in [1.54, 1.807) is 0 Å². The van der Waals surface area contributed by atoms with Gasteiger partial charge in [0.1, 0.15) is 0 Å². The fourth-order valence-electron chi connectivity index (χ4n) is 2.93. The highest BCUT2D eigenvalue weighted by molar-refractivity contribution is 5.73. The molecule has 1 fully saturated rings. The molecule has 0 saturated carbocycles. The average molecular weight is 293 g/mol. The molecule has 2 amide bonds. The van der Waals surface area contributed by atoms with Crippen LogP contribution in [0.25, 0.3) is 0 Å². The van der Waals surface area contributed by atoms with E-state index in [0.717, 1.165) is 18.6 Å². The maximum Gasteiger partial charge on any atom is 0.315 e. The lowest BCUT2D eigenvalue weighted by Crippen LogP contribution is -2.42. The first kappa shape index (κ1) is 15.9. The Morgan fingerprint density at radius 3 is 2.81 bits per heavy atom. The van der Waals surface area contributed by atoms with Crippen molar-refractivity contribution >= 4 is 6.03 Å². The first-order valence-electron chi connectivity index (χ1n) is 7.60.